The standard InChI is InChI=1S/C10H13N3OS/c1-4-6-7-9(13-15-6)11-8(5(2)3)12-10(7)14/h5H,4H2,1-3H3,(H,11,12,13,14). The highest BCUT2D eigenvalue weighted by Crippen LogP contribution is 2.19. The van der Waals surface area contributed by atoms with E-state index in [2.05, 4.69) is 14.3 Å². The Hall–Kier alpha value is -1.23. The van der Waals surface area contributed by atoms with Gasteiger partial charge in [-0.1, -0.05) is 20.8 Å². The molecule has 0 unspecified atom stereocenters. The van der Waals surface area contributed by atoms with Crippen molar-refractivity contribution in [1.82, 2.24) is 14.3 Å². The lowest BCUT2D eigenvalue weighted by molar-refractivity contribution is 0.775. The zero-order valence-corrected chi connectivity index (χ0v) is 9.81. The van der Waals surface area contributed by atoms with E-state index in [9.17, 15) is 4.79 Å². The molecule has 0 radical (unpaired) electrons. The SMILES string of the molecule is CCc1snc2nc(C(C)C)[nH]c(=O)c12. The third kappa shape index (κ3) is 1.67. The summed E-state index contributed by atoms with van der Waals surface area (Å²) < 4.78 is 4.20. The Morgan fingerprint density at radius 2 is 2.20 bits per heavy atom. The Labute approximate surface area is 91.5 Å². The van der Waals surface area contributed by atoms with Crippen LogP contribution in [0.15, 0.2) is 4.79 Å². The fourth-order valence-electron chi connectivity index (χ4n) is 1.45. The van der Waals surface area contributed by atoms with Gasteiger partial charge in [-0.05, 0) is 18.0 Å². The molecule has 1 N–H and O–H groups in total. The number of hydrogen-bond acceptors (Lipinski definition) is 4. The number of rotatable bonds is 2. The van der Waals surface area contributed by atoms with Crippen molar-refractivity contribution in [3.63, 3.8) is 0 Å². The summed E-state index contributed by atoms with van der Waals surface area (Å²) in [5.41, 5.74) is 0.526. The van der Waals surface area contributed by atoms with E-state index in [1.165, 1.54) is 11.5 Å². The van der Waals surface area contributed by atoms with Crippen LogP contribution in [-0.4, -0.2) is 14.3 Å². The second-order valence-corrected chi connectivity index (χ2v) is 4.62. The molecular formula is C10H13N3OS. The Morgan fingerprint density at radius 1 is 1.47 bits per heavy atom. The van der Waals surface area contributed by atoms with E-state index in [4.69, 9.17) is 0 Å². The number of aryl methyl sites for hydroxylation is 1. The zero-order valence-electron chi connectivity index (χ0n) is 9.00. The minimum Gasteiger partial charge on any atom is -0.310 e. The van der Waals surface area contributed by atoms with Crippen molar-refractivity contribution in [3.8, 4) is 0 Å². The average molecular weight is 223 g/mol. The molecule has 4 nitrogen and oxygen atoms in total. The van der Waals surface area contributed by atoms with Crippen LogP contribution < -0.4 is 5.56 Å². The normalized spacial score (nSPS) is 11.5. The number of aromatic nitrogens is 3. The highest BCUT2D eigenvalue weighted by molar-refractivity contribution is 7.07. The molecule has 0 saturated carbocycles. The summed E-state index contributed by atoms with van der Waals surface area (Å²) in [5.74, 6) is 0.925. The molecule has 5 heteroatoms. The summed E-state index contributed by atoms with van der Waals surface area (Å²) in [6.07, 6.45) is 0.826. The summed E-state index contributed by atoms with van der Waals surface area (Å²) in [6.45, 7) is 6.01. The first-order valence-electron chi connectivity index (χ1n) is 5.02. The van der Waals surface area contributed by atoms with Crippen LogP contribution in [0, 0.1) is 0 Å². The molecule has 15 heavy (non-hydrogen) atoms. The summed E-state index contributed by atoms with van der Waals surface area (Å²) >= 11 is 1.36. The molecule has 80 valence electrons. The average Bonchev–Trinajstić information content (AvgIpc) is 2.60. The van der Waals surface area contributed by atoms with E-state index < -0.39 is 0 Å². The van der Waals surface area contributed by atoms with Crippen molar-refractivity contribution in [1.29, 1.82) is 0 Å². The molecule has 2 aromatic rings. The van der Waals surface area contributed by atoms with Crippen LogP contribution in [-0.2, 0) is 6.42 Å². The van der Waals surface area contributed by atoms with Gasteiger partial charge < -0.3 is 4.98 Å². The van der Waals surface area contributed by atoms with Crippen molar-refractivity contribution in [3.05, 3.63) is 21.1 Å². The first-order chi connectivity index (χ1) is 7.13. The highest BCUT2D eigenvalue weighted by Gasteiger charge is 2.12. The molecule has 0 fully saturated rings. The minimum absolute atomic E-state index is 0.0608. The molecule has 0 spiro atoms. The van der Waals surface area contributed by atoms with E-state index in [1.54, 1.807) is 0 Å². The summed E-state index contributed by atoms with van der Waals surface area (Å²) in [6, 6.07) is 0. The van der Waals surface area contributed by atoms with Gasteiger partial charge in [-0.3, -0.25) is 4.79 Å². The predicted molar refractivity (Wildman–Crippen MR) is 61.5 cm³/mol. The second kappa shape index (κ2) is 3.73. The molecule has 0 aliphatic heterocycles. The van der Waals surface area contributed by atoms with Crippen LogP contribution in [0.4, 0.5) is 0 Å². The third-order valence-corrected chi connectivity index (χ3v) is 3.29. The number of nitrogens with one attached hydrogen (secondary N) is 1. The van der Waals surface area contributed by atoms with Crippen LogP contribution in [0.5, 0.6) is 0 Å². The lowest BCUT2D eigenvalue weighted by Crippen LogP contribution is -2.13. The van der Waals surface area contributed by atoms with E-state index >= 15 is 0 Å². The van der Waals surface area contributed by atoms with Gasteiger partial charge in [-0.15, -0.1) is 0 Å². The molecule has 0 saturated heterocycles. The van der Waals surface area contributed by atoms with Crippen molar-refractivity contribution in [2.75, 3.05) is 0 Å². The van der Waals surface area contributed by atoms with Crippen molar-refractivity contribution in [2.24, 2.45) is 0 Å². The first kappa shape index (κ1) is 10.3. The largest absolute Gasteiger partial charge is 0.310 e. The van der Waals surface area contributed by atoms with E-state index in [0.717, 1.165) is 11.3 Å². The maximum atomic E-state index is 11.8. The van der Waals surface area contributed by atoms with Gasteiger partial charge in [0.1, 0.15) is 11.2 Å². The fourth-order valence-corrected chi connectivity index (χ4v) is 2.19. The van der Waals surface area contributed by atoms with Gasteiger partial charge in [0.25, 0.3) is 5.56 Å². The number of aromatic amines is 1. The van der Waals surface area contributed by atoms with E-state index in [0.29, 0.717) is 16.9 Å². The van der Waals surface area contributed by atoms with Crippen molar-refractivity contribution in [2.45, 2.75) is 33.1 Å². The van der Waals surface area contributed by atoms with Gasteiger partial charge in [0.05, 0.1) is 0 Å². The summed E-state index contributed by atoms with van der Waals surface area (Å²) in [7, 11) is 0. The van der Waals surface area contributed by atoms with Gasteiger partial charge in [-0.2, -0.15) is 4.37 Å². The minimum atomic E-state index is -0.0608. The zero-order chi connectivity index (χ0) is 11.0. The molecule has 2 heterocycles. The number of hydrogen-bond donors (Lipinski definition) is 1. The maximum absolute atomic E-state index is 11.8. The highest BCUT2D eigenvalue weighted by atomic mass is 32.1. The lowest BCUT2D eigenvalue weighted by atomic mass is 10.2. The first-order valence-corrected chi connectivity index (χ1v) is 5.79. The van der Waals surface area contributed by atoms with Crippen molar-refractivity contribution >= 4 is 22.6 Å². The van der Waals surface area contributed by atoms with Crippen molar-refractivity contribution < 1.29 is 0 Å². The summed E-state index contributed by atoms with van der Waals surface area (Å²) in [4.78, 5) is 20.0. The quantitative estimate of drug-likeness (QED) is 0.847. The van der Waals surface area contributed by atoms with E-state index in [1.807, 2.05) is 20.8 Å². The third-order valence-electron chi connectivity index (χ3n) is 2.31. The number of H-pyrrole nitrogens is 1. The molecule has 0 aliphatic rings. The maximum Gasteiger partial charge on any atom is 0.261 e. The van der Waals surface area contributed by atoms with Gasteiger partial charge in [0.2, 0.25) is 0 Å². The molecule has 0 aromatic carbocycles. The predicted octanol–water partition coefficient (Wildman–Crippen LogP) is 2.07. The molecule has 0 amide bonds. The van der Waals surface area contributed by atoms with Gasteiger partial charge >= 0.3 is 0 Å². The lowest BCUT2D eigenvalue weighted by Gasteiger charge is -2.02. The van der Waals surface area contributed by atoms with Gasteiger partial charge in [-0.25, -0.2) is 4.98 Å². The monoisotopic (exact) mass is 223 g/mol. The molecule has 2 aromatic heterocycles. The summed E-state index contributed by atoms with van der Waals surface area (Å²) in [5, 5.41) is 0.659. The Bertz CT molecular complexity index is 541. The van der Waals surface area contributed by atoms with Crippen LogP contribution in [0.1, 0.15) is 37.4 Å². The molecule has 0 atom stereocenters. The van der Waals surface area contributed by atoms with Crippen LogP contribution in [0.3, 0.4) is 0 Å². The Kier molecular flexibility index (Phi) is 2.56. The van der Waals surface area contributed by atoms with Gasteiger partial charge in [0, 0.05) is 10.8 Å². The van der Waals surface area contributed by atoms with E-state index in [-0.39, 0.29) is 11.5 Å². The fraction of sp³-hybridized carbons (Fsp3) is 0.500. The van der Waals surface area contributed by atoms with Crippen LogP contribution in [0.2, 0.25) is 0 Å². The molecule has 2 rings (SSSR count). The number of fused-ring (bicyclic) bond motifs is 1. The van der Waals surface area contributed by atoms with Gasteiger partial charge in [0.15, 0.2) is 5.65 Å². The van der Waals surface area contributed by atoms with Crippen LogP contribution in [0.25, 0.3) is 11.0 Å². The van der Waals surface area contributed by atoms with Crippen LogP contribution >= 0.6 is 11.5 Å². The molecule has 0 aliphatic carbocycles. The smallest absolute Gasteiger partial charge is 0.261 e. The Morgan fingerprint density at radius 3 is 2.80 bits per heavy atom. The second-order valence-electron chi connectivity index (χ2n) is 3.76. The molecular weight excluding hydrogens is 210 g/mol. The number of nitrogens with zero attached hydrogens (tertiary/aromatic N) is 2. The molecule has 0 bridgehead atoms. The Balaban J connectivity index is 2.75. The topological polar surface area (TPSA) is 58.6 Å².